The van der Waals surface area contributed by atoms with Crippen LogP contribution in [0.5, 0.6) is 5.75 Å². The normalized spacial score (nSPS) is 17.1. The summed E-state index contributed by atoms with van der Waals surface area (Å²) in [6.45, 7) is 1.83. The van der Waals surface area contributed by atoms with Gasteiger partial charge in [-0.3, -0.25) is 4.79 Å². The Bertz CT molecular complexity index is 1060. The summed E-state index contributed by atoms with van der Waals surface area (Å²) in [5, 5.41) is 6.81. The van der Waals surface area contributed by atoms with E-state index in [2.05, 4.69) is 20.4 Å². The minimum Gasteiger partial charge on any atom is -0.497 e. The highest BCUT2D eigenvalue weighted by Gasteiger charge is 2.30. The number of nitrogens with one attached hydrogen (secondary N) is 2. The summed E-state index contributed by atoms with van der Waals surface area (Å²) in [6.07, 6.45) is -0.482. The average Bonchev–Trinajstić information content (AvgIpc) is 3.34. The summed E-state index contributed by atoms with van der Waals surface area (Å²) >= 11 is 0. The van der Waals surface area contributed by atoms with Crippen LogP contribution in [0.3, 0.4) is 0 Å². The van der Waals surface area contributed by atoms with Gasteiger partial charge in [-0.2, -0.15) is 0 Å². The van der Waals surface area contributed by atoms with Gasteiger partial charge >= 0.3 is 0 Å². The second-order valence-corrected chi connectivity index (χ2v) is 6.58. The highest BCUT2D eigenvalue weighted by molar-refractivity contribution is 6.04. The molecule has 1 aliphatic rings. The molecule has 7 nitrogen and oxygen atoms in total. The van der Waals surface area contributed by atoms with Crippen LogP contribution in [0.15, 0.2) is 47.6 Å². The van der Waals surface area contributed by atoms with Crippen LogP contribution in [-0.4, -0.2) is 34.8 Å². The van der Waals surface area contributed by atoms with Crippen molar-refractivity contribution in [3.05, 3.63) is 59.7 Å². The van der Waals surface area contributed by atoms with Crippen molar-refractivity contribution in [1.82, 2.24) is 15.3 Å². The number of halogens is 1. The van der Waals surface area contributed by atoms with Crippen molar-refractivity contribution in [3.63, 3.8) is 0 Å². The van der Waals surface area contributed by atoms with E-state index < -0.39 is 6.10 Å². The molecule has 2 atom stereocenters. The van der Waals surface area contributed by atoms with Gasteiger partial charge in [0, 0.05) is 18.1 Å². The van der Waals surface area contributed by atoms with E-state index in [0.717, 1.165) is 16.8 Å². The molecule has 0 saturated heterocycles. The zero-order valence-corrected chi connectivity index (χ0v) is 15.4. The lowest BCUT2D eigenvalue weighted by molar-refractivity contribution is -0.131. The summed E-state index contributed by atoms with van der Waals surface area (Å²) in [5.41, 5.74) is 2.76. The number of amides is 1. The monoisotopic (exact) mass is 382 g/mol. The molecule has 144 valence electrons. The van der Waals surface area contributed by atoms with Gasteiger partial charge in [0.15, 0.2) is 0 Å². The molecule has 0 fully saturated rings. The number of aromatic nitrogens is 2. The Balaban J connectivity index is 1.41. The van der Waals surface area contributed by atoms with E-state index in [0.29, 0.717) is 17.1 Å². The maximum absolute atomic E-state index is 13.4. The van der Waals surface area contributed by atoms with Crippen LogP contribution >= 0.6 is 0 Å². The number of benzene rings is 2. The molecule has 1 aliphatic heterocycles. The third kappa shape index (κ3) is 3.53. The smallest absolute Gasteiger partial charge is 0.264 e. The third-order valence-corrected chi connectivity index (χ3v) is 4.60. The van der Waals surface area contributed by atoms with Crippen molar-refractivity contribution in [3.8, 4) is 5.75 Å². The van der Waals surface area contributed by atoms with Crippen molar-refractivity contribution < 1.29 is 18.8 Å². The molecule has 28 heavy (non-hydrogen) atoms. The molecular formula is C20H19FN4O3. The Kier molecular flexibility index (Phi) is 4.68. The second kappa shape index (κ2) is 7.30. The van der Waals surface area contributed by atoms with Gasteiger partial charge in [-0.05, 0) is 31.2 Å². The van der Waals surface area contributed by atoms with Crippen LogP contribution in [0, 0.1) is 5.82 Å². The molecule has 4 rings (SSSR count). The van der Waals surface area contributed by atoms with E-state index in [-0.39, 0.29) is 24.2 Å². The molecule has 0 radical (unpaired) electrons. The molecule has 2 N–H and O–H groups in total. The topological polar surface area (TPSA) is 88.6 Å². The molecule has 0 unspecified atom stereocenters. The van der Waals surface area contributed by atoms with E-state index in [1.165, 1.54) is 12.1 Å². The van der Waals surface area contributed by atoms with Crippen LogP contribution in [0.1, 0.15) is 30.8 Å². The van der Waals surface area contributed by atoms with E-state index >= 15 is 0 Å². The number of fused-ring (bicyclic) bond motifs is 1. The zero-order valence-electron chi connectivity index (χ0n) is 15.4. The number of carbonyl (C=O) groups is 1. The molecule has 3 aromatic rings. The molecule has 0 spiro atoms. The first-order valence-corrected chi connectivity index (χ1v) is 8.86. The fraction of sp³-hybridized carbons (Fsp3) is 0.250. The number of aromatic amines is 1. The van der Waals surface area contributed by atoms with Gasteiger partial charge in [-0.15, -0.1) is 0 Å². The van der Waals surface area contributed by atoms with Gasteiger partial charge in [-0.1, -0.05) is 17.3 Å². The van der Waals surface area contributed by atoms with Crippen molar-refractivity contribution in [1.29, 1.82) is 0 Å². The minimum atomic E-state index is -0.759. The Morgan fingerprint density at radius 1 is 1.36 bits per heavy atom. The number of carbonyl (C=O) groups excluding carboxylic acids is 1. The fourth-order valence-corrected chi connectivity index (χ4v) is 3.07. The molecule has 2 aromatic carbocycles. The number of imidazole rings is 1. The van der Waals surface area contributed by atoms with Gasteiger partial charge < -0.3 is 19.9 Å². The summed E-state index contributed by atoms with van der Waals surface area (Å²) in [6, 6.07) is 11.2. The molecule has 2 heterocycles. The molecule has 0 saturated carbocycles. The van der Waals surface area contributed by atoms with Gasteiger partial charge in [0.1, 0.15) is 17.4 Å². The number of H-pyrrole nitrogens is 1. The van der Waals surface area contributed by atoms with E-state index in [1.54, 1.807) is 19.2 Å². The predicted octanol–water partition coefficient (Wildman–Crippen LogP) is 3.08. The molecule has 0 bridgehead atoms. The predicted molar refractivity (Wildman–Crippen MR) is 102 cm³/mol. The minimum absolute atomic E-state index is 0.277. The maximum Gasteiger partial charge on any atom is 0.264 e. The van der Waals surface area contributed by atoms with Gasteiger partial charge in [-0.25, -0.2) is 9.37 Å². The highest BCUT2D eigenvalue weighted by Crippen LogP contribution is 2.22. The summed E-state index contributed by atoms with van der Waals surface area (Å²) in [7, 11) is 1.60. The van der Waals surface area contributed by atoms with Crippen LogP contribution < -0.4 is 10.1 Å². The third-order valence-electron chi connectivity index (χ3n) is 4.60. The first-order valence-electron chi connectivity index (χ1n) is 8.86. The SMILES string of the molecule is COc1ccc2nc([C@@H](C)NC(=O)[C@H]3CC(c4cccc(F)c4)=NO3)[nH]c2c1. The largest absolute Gasteiger partial charge is 0.497 e. The second-order valence-electron chi connectivity index (χ2n) is 6.58. The molecule has 1 amide bonds. The number of rotatable bonds is 5. The number of nitrogens with zero attached hydrogens (tertiary/aromatic N) is 2. The number of oxime groups is 1. The van der Waals surface area contributed by atoms with Crippen LogP contribution in [0.4, 0.5) is 4.39 Å². The van der Waals surface area contributed by atoms with Crippen molar-refractivity contribution >= 4 is 22.7 Å². The highest BCUT2D eigenvalue weighted by atomic mass is 19.1. The average molecular weight is 382 g/mol. The number of hydrogen-bond acceptors (Lipinski definition) is 5. The quantitative estimate of drug-likeness (QED) is 0.710. The van der Waals surface area contributed by atoms with Gasteiger partial charge in [0.2, 0.25) is 6.10 Å². The maximum atomic E-state index is 13.4. The molecular weight excluding hydrogens is 363 g/mol. The summed E-state index contributed by atoms with van der Waals surface area (Å²) < 4.78 is 18.6. The van der Waals surface area contributed by atoms with Crippen LogP contribution in [0.25, 0.3) is 11.0 Å². The molecule has 0 aliphatic carbocycles. The zero-order chi connectivity index (χ0) is 19.7. The lowest BCUT2D eigenvalue weighted by Gasteiger charge is -2.14. The number of hydrogen-bond donors (Lipinski definition) is 2. The van der Waals surface area contributed by atoms with Crippen molar-refractivity contribution in [2.24, 2.45) is 5.16 Å². The van der Waals surface area contributed by atoms with Crippen LogP contribution in [0.2, 0.25) is 0 Å². The molecule has 8 heteroatoms. The van der Waals surface area contributed by atoms with E-state index in [9.17, 15) is 9.18 Å². The number of ether oxygens (including phenoxy) is 1. The van der Waals surface area contributed by atoms with Gasteiger partial charge in [0.05, 0.1) is 29.9 Å². The van der Waals surface area contributed by atoms with E-state index in [4.69, 9.17) is 9.57 Å². The van der Waals surface area contributed by atoms with Gasteiger partial charge in [0.25, 0.3) is 5.91 Å². The Hall–Kier alpha value is -3.42. The van der Waals surface area contributed by atoms with E-state index in [1.807, 2.05) is 25.1 Å². The first kappa shape index (κ1) is 18.0. The lowest BCUT2D eigenvalue weighted by Crippen LogP contribution is -2.36. The Morgan fingerprint density at radius 3 is 3.00 bits per heavy atom. The Labute approximate surface area is 160 Å². The first-order chi connectivity index (χ1) is 13.5. The fourth-order valence-electron chi connectivity index (χ4n) is 3.07. The van der Waals surface area contributed by atoms with Crippen molar-refractivity contribution in [2.75, 3.05) is 7.11 Å². The number of methoxy groups -OCH3 is 1. The summed E-state index contributed by atoms with van der Waals surface area (Å²) in [4.78, 5) is 25.5. The van der Waals surface area contributed by atoms with Crippen LogP contribution in [-0.2, 0) is 9.63 Å². The lowest BCUT2D eigenvalue weighted by atomic mass is 10.0. The summed E-state index contributed by atoms with van der Waals surface area (Å²) in [5.74, 6) is 0.686. The standard InChI is InChI=1S/C20H19FN4O3/c1-11(19-23-15-7-6-14(27-2)9-17(15)24-19)22-20(26)18-10-16(25-28-18)12-4-3-5-13(21)8-12/h3-9,11,18H,10H2,1-2H3,(H,22,26)(H,23,24)/t11-,18-/m1/s1. The Morgan fingerprint density at radius 2 is 2.21 bits per heavy atom. The van der Waals surface area contributed by atoms with Crippen molar-refractivity contribution in [2.45, 2.75) is 25.5 Å². The molecule has 1 aromatic heterocycles.